The van der Waals surface area contributed by atoms with E-state index in [2.05, 4.69) is 5.32 Å². The predicted molar refractivity (Wildman–Crippen MR) is 120 cm³/mol. The third-order valence-corrected chi connectivity index (χ3v) is 4.59. The predicted octanol–water partition coefficient (Wildman–Crippen LogP) is 5.24. The molecule has 7 nitrogen and oxygen atoms in total. The highest BCUT2D eigenvalue weighted by Gasteiger charge is 2.27. The topological polar surface area (TPSA) is 94.8 Å². The number of carbonyl (C=O) groups is 2. The lowest BCUT2D eigenvalue weighted by Crippen LogP contribution is -2.45. The Morgan fingerprint density at radius 3 is 2.45 bits per heavy atom. The summed E-state index contributed by atoms with van der Waals surface area (Å²) in [6.45, 7) is 11.0. The summed E-state index contributed by atoms with van der Waals surface area (Å²) >= 11 is 6.35. The molecular formula is C23H30ClNO6. The minimum Gasteiger partial charge on any atom is -0.444 e. The quantitative estimate of drug-likeness (QED) is 0.351. The fourth-order valence-electron chi connectivity index (χ4n) is 3.10. The lowest BCUT2D eigenvalue weighted by atomic mass is 10.0. The number of amides is 1. The van der Waals surface area contributed by atoms with Crippen LogP contribution in [0, 0.1) is 5.92 Å². The molecule has 0 spiro atoms. The fourth-order valence-corrected chi connectivity index (χ4v) is 3.30. The highest BCUT2D eigenvalue weighted by molar-refractivity contribution is 6.33. The molecule has 1 aromatic carbocycles. The van der Waals surface area contributed by atoms with Gasteiger partial charge in [0, 0.05) is 17.5 Å². The Bertz CT molecular complexity index is 1010. The van der Waals surface area contributed by atoms with Crippen molar-refractivity contribution in [1.29, 1.82) is 0 Å². The van der Waals surface area contributed by atoms with E-state index in [4.69, 9.17) is 25.5 Å². The van der Waals surface area contributed by atoms with Crippen LogP contribution in [0.4, 0.5) is 4.79 Å². The number of ether oxygens (including phenoxy) is 2. The second-order valence-electron chi connectivity index (χ2n) is 8.87. The van der Waals surface area contributed by atoms with Crippen LogP contribution >= 0.6 is 11.6 Å². The first-order valence-electron chi connectivity index (χ1n) is 10.4. The molecule has 0 aliphatic rings. The Labute approximate surface area is 187 Å². The van der Waals surface area contributed by atoms with Gasteiger partial charge < -0.3 is 19.2 Å². The first-order valence-corrected chi connectivity index (χ1v) is 10.7. The third kappa shape index (κ3) is 7.28. The number of esters is 1. The zero-order chi connectivity index (χ0) is 23.3. The van der Waals surface area contributed by atoms with Crippen molar-refractivity contribution in [2.75, 3.05) is 0 Å². The van der Waals surface area contributed by atoms with Gasteiger partial charge in [-0.15, -0.1) is 0 Å². The minimum absolute atomic E-state index is 0.0516. The Balaban J connectivity index is 2.30. The average molecular weight is 452 g/mol. The summed E-state index contributed by atoms with van der Waals surface area (Å²) in [7, 11) is 0. The second kappa shape index (κ2) is 10.2. The lowest BCUT2D eigenvalue weighted by Gasteiger charge is -2.23. The van der Waals surface area contributed by atoms with Crippen molar-refractivity contribution in [3.63, 3.8) is 0 Å². The van der Waals surface area contributed by atoms with Gasteiger partial charge in [0.1, 0.15) is 17.2 Å². The number of hydrogen-bond acceptors (Lipinski definition) is 6. The molecule has 0 aliphatic heterocycles. The zero-order valence-corrected chi connectivity index (χ0v) is 19.6. The molecule has 0 unspecified atom stereocenters. The van der Waals surface area contributed by atoms with Gasteiger partial charge in [-0.05, 0) is 51.2 Å². The number of rotatable bonds is 7. The van der Waals surface area contributed by atoms with Gasteiger partial charge in [-0.25, -0.2) is 14.4 Å². The second-order valence-corrected chi connectivity index (χ2v) is 9.28. The molecule has 170 valence electrons. The highest BCUT2D eigenvalue weighted by Crippen LogP contribution is 2.32. The van der Waals surface area contributed by atoms with Gasteiger partial charge in [-0.1, -0.05) is 38.8 Å². The Hall–Kier alpha value is -2.54. The first kappa shape index (κ1) is 24.7. The van der Waals surface area contributed by atoms with Crippen molar-refractivity contribution in [3.8, 4) is 5.75 Å². The fraction of sp³-hybridized carbons (Fsp3) is 0.522. The molecule has 0 saturated carbocycles. The number of fused-ring (bicyclic) bond motifs is 1. The van der Waals surface area contributed by atoms with E-state index in [9.17, 15) is 14.4 Å². The standard InChI is InChI=1S/C23H30ClNO6/c1-7-8-14-10-20(26)29-18-12-19(16(24)11-15(14)18)30-21(27)17(9-13(2)3)25-22(28)31-23(4,5)6/h10-13,17H,7-9H2,1-6H3,(H,25,28)/t17-/m0/s1. The summed E-state index contributed by atoms with van der Waals surface area (Å²) in [5, 5.41) is 3.46. The van der Waals surface area contributed by atoms with Crippen molar-refractivity contribution in [3.05, 3.63) is 39.2 Å². The van der Waals surface area contributed by atoms with Crippen molar-refractivity contribution in [1.82, 2.24) is 5.32 Å². The summed E-state index contributed by atoms with van der Waals surface area (Å²) < 4.78 is 16.0. The molecule has 2 rings (SSSR count). The van der Waals surface area contributed by atoms with E-state index in [-0.39, 0.29) is 22.3 Å². The summed E-state index contributed by atoms with van der Waals surface area (Å²) in [5.41, 5.74) is -0.0903. The van der Waals surface area contributed by atoms with Gasteiger partial charge in [0.25, 0.3) is 0 Å². The highest BCUT2D eigenvalue weighted by atomic mass is 35.5. The zero-order valence-electron chi connectivity index (χ0n) is 18.8. The molecule has 1 heterocycles. The van der Waals surface area contributed by atoms with E-state index in [1.54, 1.807) is 26.8 Å². The number of carbonyl (C=O) groups excluding carboxylic acids is 2. The third-order valence-electron chi connectivity index (χ3n) is 4.30. The minimum atomic E-state index is -0.931. The van der Waals surface area contributed by atoms with Gasteiger partial charge >= 0.3 is 17.7 Å². The normalized spacial score (nSPS) is 12.6. The molecule has 1 N–H and O–H groups in total. The number of nitrogens with one attached hydrogen (secondary N) is 1. The van der Waals surface area contributed by atoms with Crippen molar-refractivity contribution in [2.45, 2.75) is 72.4 Å². The molecule has 1 amide bonds. The van der Waals surface area contributed by atoms with Gasteiger partial charge in [0.15, 0.2) is 5.75 Å². The molecule has 0 radical (unpaired) electrons. The number of benzene rings is 1. The Morgan fingerprint density at radius 2 is 1.87 bits per heavy atom. The van der Waals surface area contributed by atoms with Crippen LogP contribution in [-0.2, 0) is 16.0 Å². The number of aryl methyl sites for hydroxylation is 1. The van der Waals surface area contributed by atoms with Crippen molar-refractivity contribution >= 4 is 34.6 Å². The molecule has 0 bridgehead atoms. The van der Waals surface area contributed by atoms with Gasteiger partial charge in [-0.2, -0.15) is 0 Å². The smallest absolute Gasteiger partial charge is 0.408 e. The molecule has 0 aliphatic carbocycles. The summed E-state index contributed by atoms with van der Waals surface area (Å²) in [6.07, 6.45) is 1.17. The lowest BCUT2D eigenvalue weighted by molar-refractivity contribution is -0.137. The maximum absolute atomic E-state index is 12.8. The van der Waals surface area contributed by atoms with E-state index in [1.807, 2.05) is 20.8 Å². The van der Waals surface area contributed by atoms with E-state index in [0.717, 1.165) is 12.0 Å². The van der Waals surface area contributed by atoms with Crippen LogP contribution in [0.25, 0.3) is 11.0 Å². The van der Waals surface area contributed by atoms with Crippen LogP contribution in [-0.4, -0.2) is 23.7 Å². The van der Waals surface area contributed by atoms with Gasteiger partial charge in [0.2, 0.25) is 0 Å². The van der Waals surface area contributed by atoms with Crippen LogP contribution in [0.2, 0.25) is 5.02 Å². The number of alkyl carbamates (subject to hydrolysis) is 1. The van der Waals surface area contributed by atoms with Crippen molar-refractivity contribution < 1.29 is 23.5 Å². The number of halogens is 1. The first-order chi connectivity index (χ1) is 14.4. The molecule has 2 aromatic rings. The van der Waals surface area contributed by atoms with E-state index >= 15 is 0 Å². The van der Waals surface area contributed by atoms with E-state index in [1.165, 1.54) is 12.1 Å². The summed E-state index contributed by atoms with van der Waals surface area (Å²) in [5.74, 6) is -0.530. The largest absolute Gasteiger partial charge is 0.444 e. The Kier molecular flexibility index (Phi) is 8.12. The molecular weight excluding hydrogens is 422 g/mol. The van der Waals surface area contributed by atoms with Gasteiger partial charge in [0.05, 0.1) is 5.02 Å². The molecule has 31 heavy (non-hydrogen) atoms. The molecule has 1 aromatic heterocycles. The molecule has 0 fully saturated rings. The van der Waals surface area contributed by atoms with Crippen molar-refractivity contribution in [2.24, 2.45) is 5.92 Å². The van der Waals surface area contributed by atoms with Crippen LogP contribution in [0.5, 0.6) is 5.75 Å². The van der Waals surface area contributed by atoms with E-state index in [0.29, 0.717) is 18.2 Å². The van der Waals surface area contributed by atoms with Gasteiger partial charge in [-0.3, -0.25) is 0 Å². The van der Waals surface area contributed by atoms with E-state index < -0.39 is 29.3 Å². The van der Waals surface area contributed by atoms with Crippen LogP contribution < -0.4 is 15.7 Å². The maximum atomic E-state index is 12.8. The molecule has 1 atom stereocenters. The van der Waals surface area contributed by atoms with Crippen LogP contribution in [0.1, 0.15) is 59.9 Å². The average Bonchev–Trinajstić information content (AvgIpc) is 2.60. The molecule has 8 heteroatoms. The SMILES string of the molecule is CCCc1cc(=O)oc2cc(OC(=O)[C@H](CC(C)C)NC(=O)OC(C)(C)C)c(Cl)cc12. The van der Waals surface area contributed by atoms with Crippen LogP contribution in [0.15, 0.2) is 27.4 Å². The monoisotopic (exact) mass is 451 g/mol. The van der Waals surface area contributed by atoms with Crippen LogP contribution in [0.3, 0.4) is 0 Å². The number of hydrogen-bond donors (Lipinski definition) is 1. The molecule has 0 saturated heterocycles. The summed E-state index contributed by atoms with van der Waals surface area (Å²) in [4.78, 5) is 36.9. The summed E-state index contributed by atoms with van der Waals surface area (Å²) in [6, 6.07) is 3.56. The maximum Gasteiger partial charge on any atom is 0.408 e. The Morgan fingerprint density at radius 1 is 1.19 bits per heavy atom.